The first kappa shape index (κ1) is 16.7. The summed E-state index contributed by atoms with van der Waals surface area (Å²) in [5.41, 5.74) is 2.01. The van der Waals surface area contributed by atoms with Gasteiger partial charge in [-0.2, -0.15) is 0 Å². The Bertz CT molecular complexity index is 897. The van der Waals surface area contributed by atoms with Crippen LogP contribution < -0.4 is 9.47 Å². The van der Waals surface area contributed by atoms with Crippen molar-refractivity contribution >= 4 is 10.9 Å². The molecule has 0 amide bonds. The van der Waals surface area contributed by atoms with Crippen molar-refractivity contribution in [3.8, 4) is 17.5 Å². The predicted octanol–water partition coefficient (Wildman–Crippen LogP) is 2.66. The van der Waals surface area contributed by atoms with Crippen LogP contribution in [-0.4, -0.2) is 53.3 Å². The Morgan fingerprint density at radius 3 is 2.62 bits per heavy atom. The minimum Gasteiger partial charge on any atom is -0.477 e. The number of methoxy groups -OCH3 is 1. The van der Waals surface area contributed by atoms with Gasteiger partial charge in [0.15, 0.2) is 5.75 Å². The van der Waals surface area contributed by atoms with Crippen molar-refractivity contribution in [1.29, 1.82) is 0 Å². The number of nitrogens with zero attached hydrogens (tertiary/aromatic N) is 4. The molecule has 7 heteroatoms. The molecule has 0 bridgehead atoms. The molecule has 0 N–H and O–H groups in total. The molecule has 1 aromatic carbocycles. The Kier molecular flexibility index (Phi) is 4.90. The SMILES string of the molecule is COc1nccnc1Oc1ccc(CN2CCOCC2)c2cccnc12. The molecule has 0 aliphatic carbocycles. The molecule has 0 radical (unpaired) electrons. The van der Waals surface area contributed by atoms with Crippen molar-refractivity contribution in [3.05, 3.63) is 48.4 Å². The number of hydrogen-bond donors (Lipinski definition) is 0. The number of rotatable bonds is 5. The van der Waals surface area contributed by atoms with Crippen LogP contribution in [0.3, 0.4) is 0 Å². The number of morpholine rings is 1. The molecule has 2 aromatic heterocycles. The second-order valence-electron chi connectivity index (χ2n) is 5.98. The number of fused-ring (bicyclic) bond motifs is 1. The molecular formula is C19H20N4O3. The van der Waals surface area contributed by atoms with Crippen LogP contribution in [0.15, 0.2) is 42.9 Å². The van der Waals surface area contributed by atoms with Crippen LogP contribution in [0.4, 0.5) is 0 Å². The highest BCUT2D eigenvalue weighted by Crippen LogP contribution is 2.33. The summed E-state index contributed by atoms with van der Waals surface area (Å²) in [7, 11) is 1.54. The van der Waals surface area contributed by atoms with E-state index in [1.54, 1.807) is 25.7 Å². The number of ether oxygens (including phenoxy) is 3. The number of benzene rings is 1. The summed E-state index contributed by atoms with van der Waals surface area (Å²) in [6, 6.07) is 8.02. The fourth-order valence-corrected chi connectivity index (χ4v) is 3.05. The van der Waals surface area contributed by atoms with E-state index in [4.69, 9.17) is 14.2 Å². The first-order valence-corrected chi connectivity index (χ1v) is 8.54. The zero-order chi connectivity index (χ0) is 17.8. The molecule has 1 aliphatic heterocycles. The van der Waals surface area contributed by atoms with Gasteiger partial charge in [-0.3, -0.25) is 9.88 Å². The van der Waals surface area contributed by atoms with Crippen molar-refractivity contribution in [2.24, 2.45) is 0 Å². The van der Waals surface area contributed by atoms with Gasteiger partial charge in [0.05, 0.1) is 20.3 Å². The lowest BCUT2D eigenvalue weighted by Gasteiger charge is -2.27. The van der Waals surface area contributed by atoms with Gasteiger partial charge in [-0.25, -0.2) is 9.97 Å². The molecule has 3 heterocycles. The van der Waals surface area contributed by atoms with Crippen LogP contribution in [-0.2, 0) is 11.3 Å². The van der Waals surface area contributed by atoms with Gasteiger partial charge in [0.2, 0.25) is 0 Å². The quantitative estimate of drug-likeness (QED) is 0.699. The molecule has 3 aromatic rings. The third-order valence-electron chi connectivity index (χ3n) is 4.35. The van der Waals surface area contributed by atoms with Crippen molar-refractivity contribution in [1.82, 2.24) is 19.9 Å². The molecule has 0 unspecified atom stereocenters. The smallest absolute Gasteiger partial charge is 0.283 e. The molecule has 1 fully saturated rings. The van der Waals surface area contributed by atoms with Crippen molar-refractivity contribution in [2.45, 2.75) is 6.54 Å². The summed E-state index contributed by atoms with van der Waals surface area (Å²) in [5.74, 6) is 1.29. The van der Waals surface area contributed by atoms with Gasteiger partial charge in [0.1, 0.15) is 5.52 Å². The minimum atomic E-state index is 0.322. The van der Waals surface area contributed by atoms with Crippen LogP contribution in [0.5, 0.6) is 17.5 Å². The third-order valence-corrected chi connectivity index (χ3v) is 4.35. The van der Waals surface area contributed by atoms with Gasteiger partial charge in [0, 0.05) is 43.6 Å². The summed E-state index contributed by atoms with van der Waals surface area (Å²) in [6.45, 7) is 4.31. The molecule has 0 spiro atoms. The van der Waals surface area contributed by atoms with Gasteiger partial charge in [-0.1, -0.05) is 12.1 Å². The Labute approximate surface area is 151 Å². The monoisotopic (exact) mass is 352 g/mol. The fraction of sp³-hybridized carbons (Fsp3) is 0.316. The normalized spacial score (nSPS) is 15.1. The number of pyridine rings is 1. The number of hydrogen-bond acceptors (Lipinski definition) is 7. The second kappa shape index (κ2) is 7.63. The average Bonchev–Trinajstić information content (AvgIpc) is 2.71. The maximum absolute atomic E-state index is 5.96. The van der Waals surface area contributed by atoms with Crippen molar-refractivity contribution in [2.75, 3.05) is 33.4 Å². The lowest BCUT2D eigenvalue weighted by atomic mass is 10.1. The molecule has 26 heavy (non-hydrogen) atoms. The van der Waals surface area contributed by atoms with Crippen LogP contribution >= 0.6 is 0 Å². The van der Waals surface area contributed by atoms with Gasteiger partial charge >= 0.3 is 0 Å². The Morgan fingerprint density at radius 2 is 1.81 bits per heavy atom. The van der Waals surface area contributed by atoms with Crippen LogP contribution in [0, 0.1) is 0 Å². The van der Waals surface area contributed by atoms with Crippen LogP contribution in [0.25, 0.3) is 10.9 Å². The Morgan fingerprint density at radius 1 is 1.00 bits per heavy atom. The highest BCUT2D eigenvalue weighted by atomic mass is 16.5. The van der Waals surface area contributed by atoms with Crippen molar-refractivity contribution in [3.63, 3.8) is 0 Å². The second-order valence-corrected chi connectivity index (χ2v) is 5.98. The van der Waals surface area contributed by atoms with E-state index in [2.05, 4.69) is 32.0 Å². The van der Waals surface area contributed by atoms with E-state index < -0.39 is 0 Å². The fourth-order valence-electron chi connectivity index (χ4n) is 3.05. The van der Waals surface area contributed by atoms with E-state index >= 15 is 0 Å². The molecular weight excluding hydrogens is 332 g/mol. The maximum Gasteiger partial charge on any atom is 0.283 e. The topological polar surface area (TPSA) is 69.6 Å². The van der Waals surface area contributed by atoms with E-state index in [1.807, 2.05) is 12.1 Å². The molecule has 1 saturated heterocycles. The summed E-state index contributed by atoms with van der Waals surface area (Å²) in [6.07, 6.45) is 4.90. The summed E-state index contributed by atoms with van der Waals surface area (Å²) in [4.78, 5) is 15.2. The van der Waals surface area contributed by atoms with Gasteiger partial charge in [-0.15, -0.1) is 0 Å². The highest BCUT2D eigenvalue weighted by molar-refractivity contribution is 5.87. The van der Waals surface area contributed by atoms with E-state index in [1.165, 1.54) is 5.56 Å². The molecule has 7 nitrogen and oxygen atoms in total. The molecule has 1 aliphatic rings. The summed E-state index contributed by atoms with van der Waals surface area (Å²) >= 11 is 0. The van der Waals surface area contributed by atoms with E-state index in [0.717, 1.165) is 43.8 Å². The van der Waals surface area contributed by atoms with E-state index in [-0.39, 0.29) is 0 Å². The largest absolute Gasteiger partial charge is 0.477 e. The zero-order valence-corrected chi connectivity index (χ0v) is 14.6. The van der Waals surface area contributed by atoms with E-state index in [0.29, 0.717) is 17.5 Å². The lowest BCUT2D eigenvalue weighted by molar-refractivity contribution is 0.0343. The summed E-state index contributed by atoms with van der Waals surface area (Å²) < 4.78 is 16.6. The van der Waals surface area contributed by atoms with Gasteiger partial charge < -0.3 is 14.2 Å². The van der Waals surface area contributed by atoms with E-state index in [9.17, 15) is 0 Å². The number of aromatic nitrogens is 3. The van der Waals surface area contributed by atoms with Crippen molar-refractivity contribution < 1.29 is 14.2 Å². The molecule has 134 valence electrons. The van der Waals surface area contributed by atoms with Gasteiger partial charge in [0.25, 0.3) is 11.8 Å². The van der Waals surface area contributed by atoms with Crippen LogP contribution in [0.1, 0.15) is 5.56 Å². The maximum atomic E-state index is 5.96. The predicted molar refractivity (Wildman–Crippen MR) is 96.5 cm³/mol. The Balaban J connectivity index is 1.67. The minimum absolute atomic E-state index is 0.322. The zero-order valence-electron chi connectivity index (χ0n) is 14.6. The average molecular weight is 352 g/mol. The first-order chi connectivity index (χ1) is 12.8. The summed E-state index contributed by atoms with van der Waals surface area (Å²) in [5, 5.41) is 1.07. The molecule has 4 rings (SSSR count). The van der Waals surface area contributed by atoms with Gasteiger partial charge in [-0.05, 0) is 17.7 Å². The standard InChI is InChI=1S/C19H20N4O3/c1-24-18-19(22-8-7-21-18)26-16-5-4-14(13-23-9-11-25-12-10-23)15-3-2-6-20-17(15)16/h2-8H,9-13H2,1H3. The Hall–Kier alpha value is -2.77. The molecule has 0 atom stereocenters. The molecule has 0 saturated carbocycles. The lowest BCUT2D eigenvalue weighted by Crippen LogP contribution is -2.35. The third kappa shape index (κ3) is 3.44. The first-order valence-electron chi connectivity index (χ1n) is 8.54. The highest BCUT2D eigenvalue weighted by Gasteiger charge is 2.16. The van der Waals surface area contributed by atoms with Crippen LogP contribution in [0.2, 0.25) is 0 Å².